The summed E-state index contributed by atoms with van der Waals surface area (Å²) < 4.78 is 24.8. The second-order valence-electron chi connectivity index (χ2n) is 6.16. The van der Waals surface area contributed by atoms with Crippen molar-refractivity contribution in [1.29, 1.82) is 0 Å². The molecule has 1 aliphatic rings. The Labute approximate surface area is 151 Å². The number of aryl methyl sites for hydroxylation is 2. The Kier molecular flexibility index (Phi) is 5.14. The van der Waals surface area contributed by atoms with Crippen LogP contribution in [-0.4, -0.2) is 52.4 Å². The molecule has 0 aliphatic carbocycles. The number of thioether (sulfide) groups is 1. The highest BCUT2D eigenvalue weighted by atomic mass is 32.2. The van der Waals surface area contributed by atoms with Crippen molar-refractivity contribution in [2.45, 2.75) is 31.5 Å². The molecule has 1 atom stereocenters. The molecule has 1 aromatic carbocycles. The summed E-state index contributed by atoms with van der Waals surface area (Å²) in [6.45, 7) is 3.88. The van der Waals surface area contributed by atoms with Gasteiger partial charge in [-0.15, -0.1) is 10.2 Å². The molecule has 0 saturated carbocycles. The van der Waals surface area contributed by atoms with E-state index in [9.17, 15) is 13.2 Å². The van der Waals surface area contributed by atoms with E-state index in [0.717, 1.165) is 17.1 Å². The Morgan fingerprint density at radius 1 is 1.36 bits per heavy atom. The minimum Gasteiger partial charge on any atom is -0.352 e. The number of nitrogens with one attached hydrogen (secondary N) is 1. The van der Waals surface area contributed by atoms with Gasteiger partial charge in [0.1, 0.15) is 5.82 Å². The fourth-order valence-electron chi connectivity index (χ4n) is 2.81. The van der Waals surface area contributed by atoms with Crippen LogP contribution in [0, 0.1) is 13.8 Å². The lowest BCUT2D eigenvalue weighted by Crippen LogP contribution is -2.36. The summed E-state index contributed by atoms with van der Waals surface area (Å²) >= 11 is 1.29. The van der Waals surface area contributed by atoms with Crippen molar-refractivity contribution in [2.24, 2.45) is 0 Å². The number of carbonyl (C=O) groups is 1. The Morgan fingerprint density at radius 3 is 2.84 bits per heavy atom. The monoisotopic (exact) mass is 380 g/mol. The fourth-order valence-corrected chi connectivity index (χ4v) is 5.29. The van der Waals surface area contributed by atoms with Crippen LogP contribution in [0.5, 0.6) is 0 Å². The van der Waals surface area contributed by atoms with E-state index in [4.69, 9.17) is 0 Å². The molecule has 1 aromatic heterocycles. The lowest BCUT2D eigenvalue weighted by molar-refractivity contribution is -0.119. The molecule has 134 valence electrons. The van der Waals surface area contributed by atoms with Crippen molar-refractivity contribution < 1.29 is 13.2 Å². The lowest BCUT2D eigenvalue weighted by atomic mass is 10.2. The van der Waals surface area contributed by atoms with Crippen molar-refractivity contribution in [1.82, 2.24) is 20.1 Å². The molecule has 0 unspecified atom stereocenters. The molecule has 1 amide bonds. The first-order chi connectivity index (χ1) is 11.8. The van der Waals surface area contributed by atoms with Crippen molar-refractivity contribution in [3.63, 3.8) is 0 Å². The van der Waals surface area contributed by atoms with Gasteiger partial charge in [-0.25, -0.2) is 8.42 Å². The molecule has 9 heteroatoms. The highest BCUT2D eigenvalue weighted by molar-refractivity contribution is 7.99. The summed E-state index contributed by atoms with van der Waals surface area (Å²) in [5, 5.41) is 11.7. The van der Waals surface area contributed by atoms with E-state index >= 15 is 0 Å². The van der Waals surface area contributed by atoms with Crippen LogP contribution in [-0.2, 0) is 14.6 Å². The first-order valence-corrected chi connectivity index (χ1v) is 10.8. The molecule has 1 aliphatic heterocycles. The molecule has 2 aromatic rings. The number of nitrogens with zero attached hydrogens (tertiary/aromatic N) is 3. The van der Waals surface area contributed by atoms with E-state index in [1.807, 2.05) is 42.7 Å². The molecule has 1 N–H and O–H groups in total. The summed E-state index contributed by atoms with van der Waals surface area (Å²) in [5.74, 6) is 0.896. The van der Waals surface area contributed by atoms with Gasteiger partial charge < -0.3 is 5.32 Å². The highest BCUT2D eigenvalue weighted by Crippen LogP contribution is 2.22. The Bertz CT molecular complexity index is 893. The van der Waals surface area contributed by atoms with Crippen LogP contribution >= 0.6 is 11.8 Å². The van der Waals surface area contributed by atoms with Gasteiger partial charge >= 0.3 is 0 Å². The second kappa shape index (κ2) is 7.17. The van der Waals surface area contributed by atoms with Gasteiger partial charge in [0.15, 0.2) is 15.0 Å². The molecule has 3 rings (SSSR count). The Hall–Kier alpha value is -1.87. The van der Waals surface area contributed by atoms with Gasteiger partial charge in [0.25, 0.3) is 0 Å². The number of benzene rings is 1. The number of amides is 1. The summed E-state index contributed by atoms with van der Waals surface area (Å²) in [6.07, 6.45) is 0.483. The molecule has 25 heavy (non-hydrogen) atoms. The number of aromatic nitrogens is 3. The zero-order chi connectivity index (χ0) is 18.0. The van der Waals surface area contributed by atoms with Crippen molar-refractivity contribution in [3.8, 4) is 5.69 Å². The van der Waals surface area contributed by atoms with Crippen molar-refractivity contribution >= 4 is 27.5 Å². The SMILES string of the molecule is Cc1cccc(-n2c(C)nnc2SCC(=O)N[C@H]2CCS(=O)(=O)C2)c1. The summed E-state index contributed by atoms with van der Waals surface area (Å²) in [6, 6.07) is 7.69. The smallest absolute Gasteiger partial charge is 0.230 e. The molecule has 7 nitrogen and oxygen atoms in total. The standard InChI is InChI=1S/C16H20N4O3S2/c1-11-4-3-5-14(8-11)20-12(2)18-19-16(20)24-9-15(21)17-13-6-7-25(22,23)10-13/h3-5,8,13H,6-7,9-10H2,1-2H3,(H,17,21)/t13-/m0/s1. The van der Waals surface area contributed by atoms with Gasteiger partial charge in [-0.3, -0.25) is 9.36 Å². The van der Waals surface area contributed by atoms with Gasteiger partial charge in [0, 0.05) is 11.7 Å². The first kappa shape index (κ1) is 17.9. The van der Waals surface area contributed by atoms with E-state index in [2.05, 4.69) is 15.5 Å². The number of hydrogen-bond acceptors (Lipinski definition) is 6. The zero-order valence-electron chi connectivity index (χ0n) is 14.1. The third kappa shape index (κ3) is 4.40. The van der Waals surface area contributed by atoms with Gasteiger partial charge in [-0.05, 0) is 38.0 Å². The van der Waals surface area contributed by atoms with Crippen LogP contribution < -0.4 is 5.32 Å². The largest absolute Gasteiger partial charge is 0.352 e. The average Bonchev–Trinajstić information content (AvgIpc) is 3.07. The van der Waals surface area contributed by atoms with E-state index in [1.165, 1.54) is 11.8 Å². The molecule has 2 heterocycles. The van der Waals surface area contributed by atoms with Crippen molar-refractivity contribution in [2.75, 3.05) is 17.3 Å². The maximum absolute atomic E-state index is 12.1. The van der Waals surface area contributed by atoms with Crippen LogP contribution in [0.25, 0.3) is 5.69 Å². The fraction of sp³-hybridized carbons (Fsp3) is 0.438. The summed E-state index contributed by atoms with van der Waals surface area (Å²) in [5.41, 5.74) is 2.08. The van der Waals surface area contributed by atoms with E-state index < -0.39 is 9.84 Å². The summed E-state index contributed by atoms with van der Waals surface area (Å²) in [7, 11) is -3.00. The predicted octanol–water partition coefficient (Wildman–Crippen LogP) is 1.28. The molecule has 1 saturated heterocycles. The first-order valence-electron chi connectivity index (χ1n) is 7.96. The number of sulfone groups is 1. The molecule has 0 radical (unpaired) electrons. The second-order valence-corrected chi connectivity index (χ2v) is 9.33. The van der Waals surface area contributed by atoms with Gasteiger partial charge in [0.2, 0.25) is 5.91 Å². The van der Waals surface area contributed by atoms with Crippen molar-refractivity contribution in [3.05, 3.63) is 35.7 Å². The van der Waals surface area contributed by atoms with Crippen LogP contribution in [0.4, 0.5) is 0 Å². The number of carbonyl (C=O) groups excluding carboxylic acids is 1. The number of rotatable bonds is 5. The van der Waals surface area contributed by atoms with Crippen LogP contribution in [0.3, 0.4) is 0 Å². The number of hydrogen-bond donors (Lipinski definition) is 1. The lowest BCUT2D eigenvalue weighted by Gasteiger charge is -2.11. The molecular weight excluding hydrogens is 360 g/mol. The Morgan fingerprint density at radius 2 is 2.16 bits per heavy atom. The van der Waals surface area contributed by atoms with Gasteiger partial charge in [0.05, 0.1) is 17.3 Å². The van der Waals surface area contributed by atoms with Crippen LogP contribution in [0.15, 0.2) is 29.4 Å². The average molecular weight is 380 g/mol. The topological polar surface area (TPSA) is 93.9 Å². The third-order valence-corrected chi connectivity index (χ3v) is 6.68. The maximum atomic E-state index is 12.1. The summed E-state index contributed by atoms with van der Waals surface area (Å²) in [4.78, 5) is 12.1. The van der Waals surface area contributed by atoms with Gasteiger partial charge in [-0.1, -0.05) is 23.9 Å². The molecule has 0 spiro atoms. The van der Waals surface area contributed by atoms with Gasteiger partial charge in [-0.2, -0.15) is 0 Å². The predicted molar refractivity (Wildman–Crippen MR) is 96.8 cm³/mol. The molecule has 1 fully saturated rings. The van der Waals surface area contributed by atoms with E-state index in [0.29, 0.717) is 11.6 Å². The highest BCUT2D eigenvalue weighted by Gasteiger charge is 2.28. The van der Waals surface area contributed by atoms with Crippen LogP contribution in [0.2, 0.25) is 0 Å². The maximum Gasteiger partial charge on any atom is 0.230 e. The normalized spacial score (nSPS) is 19.0. The minimum absolute atomic E-state index is 0.0298. The molecular formula is C16H20N4O3S2. The quantitative estimate of drug-likeness (QED) is 0.786. The minimum atomic E-state index is -3.00. The van der Waals surface area contributed by atoms with E-state index in [1.54, 1.807) is 0 Å². The molecule has 0 bridgehead atoms. The zero-order valence-corrected chi connectivity index (χ0v) is 15.7. The Balaban J connectivity index is 1.65. The van der Waals surface area contributed by atoms with E-state index in [-0.39, 0.29) is 29.2 Å². The third-order valence-electron chi connectivity index (χ3n) is 3.98. The van der Waals surface area contributed by atoms with Crippen LogP contribution in [0.1, 0.15) is 17.8 Å².